The van der Waals surface area contributed by atoms with Gasteiger partial charge in [0.05, 0.1) is 15.8 Å². The highest BCUT2D eigenvalue weighted by atomic mass is 32.1. The van der Waals surface area contributed by atoms with Crippen molar-refractivity contribution in [3.63, 3.8) is 0 Å². The smallest absolute Gasteiger partial charge is 0.167 e. The zero-order valence-corrected chi connectivity index (χ0v) is 14.2. The molecule has 0 saturated heterocycles. The fourth-order valence-corrected chi connectivity index (χ4v) is 3.75. The Hall–Kier alpha value is -2.98. The summed E-state index contributed by atoms with van der Waals surface area (Å²) in [7, 11) is 0. The van der Waals surface area contributed by atoms with Crippen LogP contribution in [-0.2, 0) is 6.42 Å². The topological polar surface area (TPSA) is 50.2 Å². The molecule has 3 nitrogen and oxygen atoms in total. The fourth-order valence-electron chi connectivity index (χ4n) is 2.76. The zero-order chi connectivity index (χ0) is 17.2. The van der Waals surface area contributed by atoms with Crippen molar-refractivity contribution in [2.75, 3.05) is 0 Å². The third kappa shape index (κ3) is 3.16. The van der Waals surface area contributed by atoms with E-state index in [1.54, 1.807) is 12.1 Å². The number of carbonyl (C=O) groups is 1. The van der Waals surface area contributed by atoms with E-state index in [4.69, 9.17) is 0 Å². The monoisotopic (exact) mass is 345 g/mol. The second-order valence-electron chi connectivity index (χ2n) is 5.80. The Balaban J connectivity index is 1.68. The van der Waals surface area contributed by atoms with E-state index in [1.807, 2.05) is 60.7 Å². The number of aromatic nitrogens is 1. The van der Waals surface area contributed by atoms with E-state index in [0.29, 0.717) is 17.5 Å². The molecule has 25 heavy (non-hydrogen) atoms. The lowest BCUT2D eigenvalue weighted by molar-refractivity contribution is 0.0993. The maximum absolute atomic E-state index is 12.4. The summed E-state index contributed by atoms with van der Waals surface area (Å²) in [4.78, 5) is 17.0. The van der Waals surface area contributed by atoms with Crippen LogP contribution in [0, 0.1) is 0 Å². The fraction of sp³-hybridized carbons (Fsp3) is 0.0476. The van der Waals surface area contributed by atoms with Crippen LogP contribution in [0.5, 0.6) is 5.75 Å². The molecule has 3 aromatic carbocycles. The van der Waals surface area contributed by atoms with Gasteiger partial charge in [0.15, 0.2) is 5.78 Å². The summed E-state index contributed by atoms with van der Waals surface area (Å²) < 4.78 is 1.07. The third-order valence-electron chi connectivity index (χ3n) is 4.05. The molecular weight excluding hydrogens is 330 g/mol. The number of thiazole rings is 1. The summed E-state index contributed by atoms with van der Waals surface area (Å²) in [6.07, 6.45) is 0.294. The Morgan fingerprint density at radius 2 is 1.72 bits per heavy atom. The Morgan fingerprint density at radius 3 is 2.52 bits per heavy atom. The maximum atomic E-state index is 12.4. The van der Waals surface area contributed by atoms with E-state index in [1.165, 1.54) is 11.3 Å². The number of rotatable bonds is 4. The molecule has 4 rings (SSSR count). The van der Waals surface area contributed by atoms with Crippen molar-refractivity contribution in [3.05, 3.63) is 83.9 Å². The number of hydrogen-bond donors (Lipinski definition) is 1. The summed E-state index contributed by atoms with van der Waals surface area (Å²) >= 11 is 1.53. The van der Waals surface area contributed by atoms with Crippen molar-refractivity contribution in [1.82, 2.24) is 4.98 Å². The number of ketones is 1. The SMILES string of the molecule is O=C(Cc1ccc(O)c(-c2nc3ccccc3s2)c1)c1ccccc1. The van der Waals surface area contributed by atoms with Gasteiger partial charge in [-0.05, 0) is 29.8 Å². The lowest BCUT2D eigenvalue weighted by Crippen LogP contribution is -2.03. The molecular formula is C21H15NO2S. The van der Waals surface area contributed by atoms with Crippen LogP contribution in [-0.4, -0.2) is 15.9 Å². The van der Waals surface area contributed by atoms with Gasteiger partial charge >= 0.3 is 0 Å². The number of para-hydroxylation sites is 1. The largest absolute Gasteiger partial charge is 0.507 e. The third-order valence-corrected chi connectivity index (χ3v) is 5.12. The standard InChI is InChI=1S/C21H15NO2S/c23-18-11-10-14(13-19(24)15-6-2-1-3-7-15)12-16(18)21-22-17-8-4-5-9-20(17)25-21/h1-12,23H,13H2. The molecule has 4 aromatic rings. The molecule has 1 aromatic heterocycles. The first kappa shape index (κ1) is 15.5. The molecule has 0 bridgehead atoms. The van der Waals surface area contributed by atoms with Gasteiger partial charge in [-0.3, -0.25) is 4.79 Å². The highest BCUT2D eigenvalue weighted by molar-refractivity contribution is 7.21. The van der Waals surface area contributed by atoms with E-state index in [9.17, 15) is 9.90 Å². The summed E-state index contributed by atoms with van der Waals surface area (Å²) in [5.41, 5.74) is 3.13. The molecule has 0 aliphatic carbocycles. The first-order valence-electron chi connectivity index (χ1n) is 7.97. The second kappa shape index (κ2) is 6.49. The van der Waals surface area contributed by atoms with Crippen LogP contribution in [0.2, 0.25) is 0 Å². The van der Waals surface area contributed by atoms with Crippen LogP contribution < -0.4 is 0 Å². The molecule has 0 fully saturated rings. The van der Waals surface area contributed by atoms with E-state index in [-0.39, 0.29) is 11.5 Å². The quantitative estimate of drug-likeness (QED) is 0.524. The van der Waals surface area contributed by atoms with Crippen molar-refractivity contribution in [2.45, 2.75) is 6.42 Å². The van der Waals surface area contributed by atoms with Gasteiger partial charge in [0.25, 0.3) is 0 Å². The normalized spacial score (nSPS) is 10.9. The lowest BCUT2D eigenvalue weighted by Gasteiger charge is -2.06. The number of benzene rings is 3. The molecule has 1 heterocycles. The zero-order valence-electron chi connectivity index (χ0n) is 13.3. The molecule has 0 saturated carbocycles. The van der Waals surface area contributed by atoms with E-state index >= 15 is 0 Å². The molecule has 4 heteroatoms. The van der Waals surface area contributed by atoms with Crippen LogP contribution in [0.25, 0.3) is 20.8 Å². The maximum Gasteiger partial charge on any atom is 0.167 e. The summed E-state index contributed by atoms with van der Waals surface area (Å²) in [5.74, 6) is 0.233. The number of phenolic OH excluding ortho intramolecular Hbond substituents is 1. The van der Waals surface area contributed by atoms with Crippen LogP contribution >= 0.6 is 11.3 Å². The molecule has 0 radical (unpaired) electrons. The minimum atomic E-state index is 0.0570. The van der Waals surface area contributed by atoms with Crippen LogP contribution in [0.3, 0.4) is 0 Å². The Kier molecular flexibility index (Phi) is 4.04. The number of nitrogens with zero attached hydrogens (tertiary/aromatic N) is 1. The van der Waals surface area contributed by atoms with Gasteiger partial charge in [-0.2, -0.15) is 0 Å². The first-order chi connectivity index (χ1) is 12.2. The average molecular weight is 345 g/mol. The molecule has 0 aliphatic heterocycles. The Morgan fingerprint density at radius 1 is 0.960 bits per heavy atom. The van der Waals surface area contributed by atoms with E-state index in [0.717, 1.165) is 20.8 Å². The number of Topliss-reactive ketones (excluding diaryl/α,β-unsaturated/α-hetero) is 1. The number of carbonyl (C=O) groups excluding carboxylic acids is 1. The van der Waals surface area contributed by atoms with Crippen LogP contribution in [0.1, 0.15) is 15.9 Å². The second-order valence-corrected chi connectivity index (χ2v) is 6.83. The van der Waals surface area contributed by atoms with Crippen molar-refractivity contribution < 1.29 is 9.90 Å². The van der Waals surface area contributed by atoms with Gasteiger partial charge in [0.2, 0.25) is 0 Å². The number of phenols is 1. The average Bonchev–Trinajstić information content (AvgIpc) is 3.08. The van der Waals surface area contributed by atoms with Gasteiger partial charge in [-0.25, -0.2) is 4.98 Å². The predicted octanol–water partition coefficient (Wildman–Crippen LogP) is 5.09. The van der Waals surface area contributed by atoms with Crippen LogP contribution in [0.15, 0.2) is 72.8 Å². The summed E-state index contributed by atoms with van der Waals surface area (Å²) in [5, 5.41) is 11.0. The van der Waals surface area contributed by atoms with Crippen molar-refractivity contribution in [3.8, 4) is 16.3 Å². The Labute approximate surface area is 149 Å². The number of aromatic hydroxyl groups is 1. The Bertz CT molecular complexity index is 1020. The lowest BCUT2D eigenvalue weighted by atomic mass is 10.0. The van der Waals surface area contributed by atoms with Crippen molar-refractivity contribution in [2.24, 2.45) is 0 Å². The van der Waals surface area contributed by atoms with Gasteiger partial charge in [0.1, 0.15) is 10.8 Å². The molecule has 0 amide bonds. The van der Waals surface area contributed by atoms with Gasteiger partial charge in [-0.15, -0.1) is 11.3 Å². The molecule has 122 valence electrons. The highest BCUT2D eigenvalue weighted by Crippen LogP contribution is 2.35. The van der Waals surface area contributed by atoms with E-state index < -0.39 is 0 Å². The van der Waals surface area contributed by atoms with Crippen molar-refractivity contribution >= 4 is 27.3 Å². The highest BCUT2D eigenvalue weighted by Gasteiger charge is 2.13. The summed E-state index contributed by atoms with van der Waals surface area (Å²) in [6, 6.07) is 22.4. The summed E-state index contributed by atoms with van der Waals surface area (Å²) in [6.45, 7) is 0. The van der Waals surface area contributed by atoms with Gasteiger partial charge in [-0.1, -0.05) is 48.5 Å². The van der Waals surface area contributed by atoms with Crippen LogP contribution in [0.4, 0.5) is 0 Å². The number of hydrogen-bond acceptors (Lipinski definition) is 4. The predicted molar refractivity (Wildman–Crippen MR) is 101 cm³/mol. The molecule has 1 N–H and O–H groups in total. The minimum Gasteiger partial charge on any atom is -0.507 e. The molecule has 0 atom stereocenters. The van der Waals surface area contributed by atoms with Crippen molar-refractivity contribution in [1.29, 1.82) is 0 Å². The van der Waals surface area contributed by atoms with E-state index in [2.05, 4.69) is 4.98 Å². The van der Waals surface area contributed by atoms with Gasteiger partial charge < -0.3 is 5.11 Å². The molecule has 0 unspecified atom stereocenters. The molecule has 0 spiro atoms. The first-order valence-corrected chi connectivity index (χ1v) is 8.78. The van der Waals surface area contributed by atoms with Gasteiger partial charge in [0, 0.05) is 12.0 Å². The molecule has 0 aliphatic rings. The number of fused-ring (bicyclic) bond motifs is 1. The minimum absolute atomic E-state index is 0.0570.